The van der Waals surface area contributed by atoms with Gasteiger partial charge in [-0.15, -0.1) is 0 Å². The summed E-state index contributed by atoms with van der Waals surface area (Å²) in [6.07, 6.45) is 1.65. The minimum atomic E-state index is -0.123. The molecule has 0 bridgehead atoms. The first kappa shape index (κ1) is 6.89. The summed E-state index contributed by atoms with van der Waals surface area (Å²) in [5, 5.41) is 8.97. The van der Waals surface area contributed by atoms with Crippen molar-refractivity contribution in [3.05, 3.63) is 16.9 Å². The summed E-state index contributed by atoms with van der Waals surface area (Å²) >= 11 is 6.89. The van der Waals surface area contributed by atoms with E-state index in [-0.39, 0.29) is 16.9 Å². The standard InChI is InChI=1S/C6H4ClN3S/c1-11-6-9-3-4(2-8)5(7)10-6/h3H,1H3/i3D. The van der Waals surface area contributed by atoms with Gasteiger partial charge in [-0.1, -0.05) is 23.4 Å². The van der Waals surface area contributed by atoms with Gasteiger partial charge in [0.1, 0.15) is 11.6 Å². The lowest BCUT2D eigenvalue weighted by Crippen LogP contribution is -1.88. The largest absolute Gasteiger partial charge is 0.230 e. The summed E-state index contributed by atoms with van der Waals surface area (Å²) in [5.74, 6) is 0. The Morgan fingerprint density at radius 2 is 2.64 bits per heavy atom. The van der Waals surface area contributed by atoms with E-state index in [1.165, 1.54) is 11.8 Å². The lowest BCUT2D eigenvalue weighted by Gasteiger charge is -1.94. The van der Waals surface area contributed by atoms with Gasteiger partial charge in [-0.25, -0.2) is 9.97 Å². The third-order valence-electron chi connectivity index (χ3n) is 0.958. The predicted molar refractivity (Wildman–Crippen MR) is 43.5 cm³/mol. The van der Waals surface area contributed by atoms with E-state index in [0.29, 0.717) is 5.16 Å². The molecule has 0 aromatic carbocycles. The van der Waals surface area contributed by atoms with Crippen molar-refractivity contribution in [1.29, 1.82) is 5.26 Å². The van der Waals surface area contributed by atoms with Gasteiger partial charge in [-0.2, -0.15) is 5.26 Å². The summed E-state index contributed by atoms with van der Waals surface area (Å²) in [6, 6.07) is 1.76. The second-order valence-electron chi connectivity index (χ2n) is 1.60. The Labute approximate surface area is 74.8 Å². The molecule has 1 heterocycles. The lowest BCUT2D eigenvalue weighted by atomic mass is 10.4. The van der Waals surface area contributed by atoms with Crippen LogP contribution in [0, 0.1) is 11.3 Å². The average Bonchev–Trinajstić information content (AvgIpc) is 2.03. The van der Waals surface area contributed by atoms with E-state index >= 15 is 0 Å². The highest BCUT2D eigenvalue weighted by atomic mass is 35.5. The van der Waals surface area contributed by atoms with E-state index in [0.717, 1.165) is 0 Å². The van der Waals surface area contributed by atoms with E-state index in [9.17, 15) is 0 Å². The number of thioether (sulfide) groups is 1. The second-order valence-corrected chi connectivity index (χ2v) is 2.73. The Hall–Kier alpha value is -0.790. The lowest BCUT2D eigenvalue weighted by molar-refractivity contribution is 0.964. The van der Waals surface area contributed by atoms with Crippen molar-refractivity contribution in [3.8, 4) is 6.07 Å². The van der Waals surface area contributed by atoms with Gasteiger partial charge in [-0.3, -0.25) is 0 Å². The van der Waals surface area contributed by atoms with Crippen LogP contribution >= 0.6 is 23.4 Å². The van der Waals surface area contributed by atoms with Crippen LogP contribution < -0.4 is 0 Å². The minimum absolute atomic E-state index is 0.0227. The highest BCUT2D eigenvalue weighted by Gasteiger charge is 2.01. The van der Waals surface area contributed by atoms with Crippen molar-refractivity contribution in [2.24, 2.45) is 0 Å². The van der Waals surface area contributed by atoms with Crippen LogP contribution in [0.1, 0.15) is 6.93 Å². The Balaban J connectivity index is 3.30. The molecule has 0 fully saturated rings. The Morgan fingerprint density at radius 1 is 1.91 bits per heavy atom. The molecule has 0 radical (unpaired) electrons. The third kappa shape index (κ3) is 1.82. The molecule has 3 nitrogen and oxygen atoms in total. The van der Waals surface area contributed by atoms with Crippen LogP contribution in [0.4, 0.5) is 0 Å². The third-order valence-corrected chi connectivity index (χ3v) is 1.78. The molecule has 0 atom stereocenters. The smallest absolute Gasteiger partial charge is 0.188 e. The Morgan fingerprint density at radius 3 is 3.09 bits per heavy atom. The van der Waals surface area contributed by atoms with Crippen molar-refractivity contribution < 1.29 is 1.37 Å². The van der Waals surface area contributed by atoms with E-state index in [1.807, 2.05) is 0 Å². The quantitative estimate of drug-likeness (QED) is 0.381. The van der Waals surface area contributed by atoms with Gasteiger partial charge in [0.05, 0.1) is 7.54 Å². The van der Waals surface area contributed by atoms with Gasteiger partial charge in [0.15, 0.2) is 10.3 Å². The van der Waals surface area contributed by atoms with Crippen LogP contribution in [0.5, 0.6) is 0 Å². The van der Waals surface area contributed by atoms with Crippen molar-refractivity contribution in [2.45, 2.75) is 5.16 Å². The van der Waals surface area contributed by atoms with Gasteiger partial charge >= 0.3 is 0 Å². The molecule has 0 spiro atoms. The number of nitriles is 1. The summed E-state index contributed by atoms with van der Waals surface area (Å²) in [5.41, 5.74) is 0.0227. The zero-order chi connectivity index (χ0) is 9.14. The molecule has 0 aliphatic heterocycles. The van der Waals surface area contributed by atoms with E-state index in [1.54, 1.807) is 12.3 Å². The van der Waals surface area contributed by atoms with Gasteiger partial charge in [-0.05, 0) is 6.26 Å². The molecule has 1 rings (SSSR count). The highest BCUT2D eigenvalue weighted by Crippen LogP contribution is 2.14. The molecule has 0 saturated heterocycles. The number of nitrogens with zero attached hydrogens (tertiary/aromatic N) is 3. The van der Waals surface area contributed by atoms with Crippen LogP contribution in [0.2, 0.25) is 5.15 Å². The van der Waals surface area contributed by atoms with Gasteiger partial charge in [0, 0.05) is 0 Å². The van der Waals surface area contributed by atoms with E-state index in [4.69, 9.17) is 18.2 Å². The summed E-state index contributed by atoms with van der Waals surface area (Å²) < 4.78 is 7.28. The number of hydrogen-bond donors (Lipinski definition) is 0. The molecule has 0 amide bonds. The Kier molecular flexibility index (Phi) is 2.23. The molecular formula is C6H4ClN3S. The molecule has 0 unspecified atom stereocenters. The molecule has 1 aromatic rings. The van der Waals surface area contributed by atoms with Crippen molar-refractivity contribution >= 4 is 23.4 Å². The SMILES string of the molecule is [2H]c1nc(SC)nc(Cl)c1C#N. The van der Waals surface area contributed by atoms with Crippen molar-refractivity contribution in [3.63, 3.8) is 0 Å². The zero-order valence-corrected chi connectivity index (χ0v) is 7.20. The number of halogens is 1. The summed E-state index contributed by atoms with van der Waals surface area (Å²) in [4.78, 5) is 7.53. The number of rotatable bonds is 1. The van der Waals surface area contributed by atoms with Crippen LogP contribution in [0.15, 0.2) is 11.3 Å². The average molecular weight is 187 g/mol. The second kappa shape index (κ2) is 3.56. The van der Waals surface area contributed by atoms with Gasteiger partial charge in [0.2, 0.25) is 0 Å². The Bertz CT molecular complexity index is 326. The van der Waals surface area contributed by atoms with Crippen LogP contribution in [-0.4, -0.2) is 16.2 Å². The molecule has 11 heavy (non-hydrogen) atoms. The van der Waals surface area contributed by atoms with E-state index in [2.05, 4.69) is 9.97 Å². The van der Waals surface area contributed by atoms with Crippen LogP contribution in [-0.2, 0) is 0 Å². The summed E-state index contributed by atoms with van der Waals surface area (Å²) in [7, 11) is 0. The minimum Gasteiger partial charge on any atom is -0.230 e. The van der Waals surface area contributed by atoms with Crippen LogP contribution in [0.3, 0.4) is 0 Å². The van der Waals surface area contributed by atoms with Crippen LogP contribution in [0.25, 0.3) is 0 Å². The normalized spacial score (nSPS) is 10.5. The first-order valence-corrected chi connectivity index (χ1v) is 4.27. The fourth-order valence-electron chi connectivity index (χ4n) is 0.477. The molecular weight excluding hydrogens is 182 g/mol. The fourth-order valence-corrected chi connectivity index (χ4v) is 1.01. The van der Waals surface area contributed by atoms with Crippen molar-refractivity contribution in [1.82, 2.24) is 9.97 Å². The van der Waals surface area contributed by atoms with Gasteiger partial charge in [0.25, 0.3) is 0 Å². The highest BCUT2D eigenvalue weighted by molar-refractivity contribution is 7.98. The molecule has 1 aromatic heterocycles. The zero-order valence-electron chi connectivity index (χ0n) is 6.63. The number of hydrogen-bond acceptors (Lipinski definition) is 4. The fraction of sp³-hybridized carbons (Fsp3) is 0.167. The first-order chi connectivity index (χ1) is 5.69. The van der Waals surface area contributed by atoms with E-state index < -0.39 is 0 Å². The monoisotopic (exact) mass is 186 g/mol. The molecule has 0 aliphatic carbocycles. The topological polar surface area (TPSA) is 49.6 Å². The maximum absolute atomic E-state index is 8.52. The molecule has 0 N–H and O–H groups in total. The number of aromatic nitrogens is 2. The predicted octanol–water partition coefficient (Wildman–Crippen LogP) is 1.72. The molecule has 56 valence electrons. The van der Waals surface area contributed by atoms with Crippen molar-refractivity contribution in [2.75, 3.05) is 6.26 Å². The first-order valence-electron chi connectivity index (χ1n) is 3.17. The summed E-state index contributed by atoms with van der Waals surface area (Å²) in [6.45, 7) is 0. The maximum atomic E-state index is 8.52. The molecule has 5 heteroatoms. The maximum Gasteiger partial charge on any atom is 0.188 e. The van der Waals surface area contributed by atoms with Gasteiger partial charge < -0.3 is 0 Å². The molecule has 0 aliphatic rings. The molecule has 0 saturated carbocycles.